The van der Waals surface area contributed by atoms with E-state index in [4.69, 9.17) is 4.42 Å². The summed E-state index contributed by atoms with van der Waals surface area (Å²) >= 11 is 0. The van der Waals surface area contributed by atoms with Gasteiger partial charge in [0, 0.05) is 17.7 Å². The number of aromatic hydroxyl groups is 5. The van der Waals surface area contributed by atoms with Gasteiger partial charge in [-0.2, -0.15) is 0 Å². The Balaban J connectivity index is 0.00000144. The summed E-state index contributed by atoms with van der Waals surface area (Å²) in [5, 5.41) is 47.6. The molecule has 0 amide bonds. The Morgan fingerprint density at radius 1 is 0.833 bits per heavy atom. The van der Waals surface area contributed by atoms with E-state index in [2.05, 4.69) is 0 Å². The molecule has 0 spiro atoms. The van der Waals surface area contributed by atoms with Gasteiger partial charge < -0.3 is 42.4 Å². The molecule has 9 heteroatoms. The van der Waals surface area contributed by atoms with E-state index in [9.17, 15) is 30.3 Å². The first-order valence-electron chi connectivity index (χ1n) is 6.12. The number of benzene rings is 2. The predicted octanol–water partition coefficient (Wildman–Crippen LogP) is -4.00. The van der Waals surface area contributed by atoms with Crippen LogP contribution in [0, 0.1) is 0 Å². The Hall–Kier alpha value is -2.06. The monoisotopic (exact) mass is 360 g/mol. The third-order valence-corrected chi connectivity index (χ3v) is 3.17. The van der Waals surface area contributed by atoms with Gasteiger partial charge in [0.05, 0.1) is 0 Å². The Bertz CT molecular complexity index is 968. The zero-order chi connectivity index (χ0) is 16.0. The van der Waals surface area contributed by atoms with Crippen molar-refractivity contribution in [1.82, 2.24) is 0 Å². The quantitative estimate of drug-likeness (QED) is 0.221. The number of fused-ring (bicyclic) bond motifs is 1. The molecule has 3 aromatic rings. The smallest absolute Gasteiger partial charge is 1.00 e. The molecule has 0 unspecified atom stereocenters. The topological polar surface area (TPSA) is 131 Å². The normalized spacial score (nSPS) is 10.0. The number of phenolic OH excluding ortho intramolecular Hbond substituents is 4. The molecule has 0 bridgehead atoms. The average molecular weight is 361 g/mol. The minimum atomic E-state index is -0.888. The molecule has 1 heterocycles. The average Bonchev–Trinajstić information content (AvgIpc) is 2.45. The fraction of sp³-hybridized carbons (Fsp3) is 0. The minimum absolute atomic E-state index is 0. The van der Waals surface area contributed by atoms with Crippen LogP contribution in [0.15, 0.2) is 39.5 Å². The molecule has 0 aliphatic carbocycles. The van der Waals surface area contributed by atoms with Crippen LogP contribution in [0.1, 0.15) is 0 Å². The zero-order valence-corrected chi connectivity index (χ0v) is 15.1. The van der Waals surface area contributed by atoms with E-state index in [1.807, 2.05) is 0 Å². The van der Waals surface area contributed by atoms with E-state index in [1.165, 1.54) is 6.07 Å². The van der Waals surface area contributed by atoms with Crippen LogP contribution in [0.3, 0.4) is 0 Å². The summed E-state index contributed by atoms with van der Waals surface area (Å²) < 4.78 is 5.35. The molecule has 0 saturated heterocycles. The Morgan fingerprint density at radius 2 is 1.50 bits per heavy atom. The molecule has 3 rings (SSSR count). The van der Waals surface area contributed by atoms with Crippen LogP contribution in [0.2, 0.25) is 0 Å². The summed E-state index contributed by atoms with van der Waals surface area (Å²) in [6, 6.07) is 5.64. The van der Waals surface area contributed by atoms with Crippen LogP contribution in [0.5, 0.6) is 28.7 Å². The van der Waals surface area contributed by atoms with Crippen molar-refractivity contribution < 1.29 is 71.9 Å². The maximum atomic E-state index is 12.1. The summed E-state index contributed by atoms with van der Waals surface area (Å²) in [5.74, 6) is -2.71. The number of hydrogen-bond donors (Lipinski definition) is 5. The van der Waals surface area contributed by atoms with Gasteiger partial charge in [-0.3, -0.25) is 4.79 Å². The second-order valence-electron chi connectivity index (χ2n) is 4.65. The first-order chi connectivity index (χ1) is 10.4. The first-order valence-corrected chi connectivity index (χ1v) is 6.12. The van der Waals surface area contributed by atoms with Crippen molar-refractivity contribution in [2.45, 2.75) is 0 Å². The van der Waals surface area contributed by atoms with E-state index in [1.54, 1.807) is 0 Å². The van der Waals surface area contributed by atoms with E-state index in [0.717, 1.165) is 24.3 Å². The van der Waals surface area contributed by atoms with Crippen LogP contribution in [0.25, 0.3) is 22.3 Å². The Labute approximate surface area is 163 Å². The van der Waals surface area contributed by atoms with Crippen molar-refractivity contribution in [3.63, 3.8) is 0 Å². The molecule has 24 heavy (non-hydrogen) atoms. The number of hydrogen-bond acceptors (Lipinski definition) is 7. The second-order valence-corrected chi connectivity index (χ2v) is 4.65. The largest absolute Gasteiger partial charge is 1.00 e. The van der Waals surface area contributed by atoms with Crippen LogP contribution < -0.4 is 47.4 Å². The van der Waals surface area contributed by atoms with Gasteiger partial charge in [-0.15, -0.1) is 0 Å². The van der Waals surface area contributed by atoms with Crippen molar-refractivity contribution in [3.8, 4) is 40.1 Å². The molecule has 0 saturated carbocycles. The van der Waals surface area contributed by atoms with Crippen LogP contribution in [-0.2, 0) is 0 Å². The summed E-state index contributed by atoms with van der Waals surface area (Å²) in [7, 11) is 0. The maximum absolute atomic E-state index is 12.1. The molecule has 7 nitrogen and oxygen atoms in total. The Morgan fingerprint density at radius 3 is 2.12 bits per heavy atom. The summed E-state index contributed by atoms with van der Waals surface area (Å²) in [4.78, 5) is 12.1. The second kappa shape index (κ2) is 7.23. The van der Waals surface area contributed by atoms with Gasteiger partial charge in [0.25, 0.3) is 0 Å². The van der Waals surface area contributed by atoms with Crippen molar-refractivity contribution >= 4 is 11.0 Å². The fourth-order valence-corrected chi connectivity index (χ4v) is 2.14. The van der Waals surface area contributed by atoms with Gasteiger partial charge in [-0.25, -0.2) is 0 Å². The van der Waals surface area contributed by atoms with Gasteiger partial charge in [0.15, 0.2) is 17.3 Å². The third-order valence-electron chi connectivity index (χ3n) is 3.17. The molecule has 0 radical (unpaired) electrons. The molecule has 5 N–H and O–H groups in total. The number of halogens is 1. The summed E-state index contributed by atoms with van der Waals surface area (Å²) in [5.41, 5.74) is -0.890. The predicted molar refractivity (Wildman–Crippen MR) is 76.2 cm³/mol. The van der Waals surface area contributed by atoms with Crippen LogP contribution >= 0.6 is 0 Å². The summed E-state index contributed by atoms with van der Waals surface area (Å²) in [6.07, 6.45) is 0. The fourth-order valence-electron chi connectivity index (χ4n) is 2.14. The zero-order valence-electron chi connectivity index (χ0n) is 12.3. The van der Waals surface area contributed by atoms with Crippen molar-refractivity contribution in [2.75, 3.05) is 0 Å². The van der Waals surface area contributed by atoms with Gasteiger partial charge in [0.1, 0.15) is 22.5 Å². The molecule has 0 aliphatic heterocycles. The van der Waals surface area contributed by atoms with E-state index < -0.39 is 22.7 Å². The Kier molecular flexibility index (Phi) is 6.02. The van der Waals surface area contributed by atoms with Crippen LogP contribution in [-0.4, -0.2) is 25.5 Å². The summed E-state index contributed by atoms with van der Waals surface area (Å²) in [6.45, 7) is 0. The van der Waals surface area contributed by atoms with Gasteiger partial charge in [-0.1, -0.05) is 0 Å². The van der Waals surface area contributed by atoms with Gasteiger partial charge in [-0.05, 0) is 18.2 Å². The van der Waals surface area contributed by atoms with Crippen molar-refractivity contribution in [3.05, 3.63) is 40.6 Å². The molecular weight excluding hydrogens is 351 g/mol. The maximum Gasteiger partial charge on any atom is 1.00 e. The molecular formula is C15H10ClNaO7. The minimum Gasteiger partial charge on any atom is -1.00 e. The molecule has 0 atom stereocenters. The number of phenols is 4. The molecule has 120 valence electrons. The molecule has 0 fully saturated rings. The van der Waals surface area contributed by atoms with Crippen molar-refractivity contribution in [2.24, 2.45) is 0 Å². The standard InChI is InChI=1S/C15H10O7.ClH.Na/c16-7-4-10(19)12-11(5-7)22-15(14(21)13(12)20)6-1-2-8(17)9(18)3-6;;/h1-5,16-19,21H;1H;/q;;+1/p-1. The molecule has 1 aromatic heterocycles. The molecule has 2 aromatic carbocycles. The van der Waals surface area contributed by atoms with E-state index in [0.29, 0.717) is 0 Å². The molecule has 0 aliphatic rings. The van der Waals surface area contributed by atoms with Crippen molar-refractivity contribution in [1.29, 1.82) is 0 Å². The van der Waals surface area contributed by atoms with Gasteiger partial charge >= 0.3 is 29.6 Å². The van der Waals surface area contributed by atoms with E-state index in [-0.39, 0.29) is 75.8 Å². The van der Waals surface area contributed by atoms with E-state index >= 15 is 0 Å². The first kappa shape index (κ1) is 20.0. The SMILES string of the molecule is O=c1c(O)c(-c2ccc(O)c(O)c2)oc2cc(O)cc(O)c12.[Cl-].[Na+]. The van der Waals surface area contributed by atoms with Crippen LogP contribution in [0.4, 0.5) is 0 Å². The van der Waals surface area contributed by atoms with Gasteiger partial charge in [0.2, 0.25) is 11.2 Å². The number of rotatable bonds is 1. The third kappa shape index (κ3) is 3.25.